The Balaban J connectivity index is 1.77. The van der Waals surface area contributed by atoms with Gasteiger partial charge in [0, 0.05) is 11.5 Å². The van der Waals surface area contributed by atoms with Gasteiger partial charge in [0.1, 0.15) is 0 Å². The molecule has 1 saturated carbocycles. The molecule has 2 spiro atoms. The lowest BCUT2D eigenvalue weighted by Gasteiger charge is -2.48. The Morgan fingerprint density at radius 3 is 2.13 bits per heavy atom. The summed E-state index contributed by atoms with van der Waals surface area (Å²) in [7, 11) is 2.22. The lowest BCUT2D eigenvalue weighted by molar-refractivity contribution is -0.126. The van der Waals surface area contributed by atoms with E-state index in [2.05, 4.69) is 11.9 Å². The van der Waals surface area contributed by atoms with Gasteiger partial charge < -0.3 is 15.4 Å². The van der Waals surface area contributed by atoms with Crippen LogP contribution in [0.4, 0.5) is 0 Å². The molecule has 0 aromatic heterocycles. The summed E-state index contributed by atoms with van der Waals surface area (Å²) in [6.45, 7) is 4.30. The number of hydrogen-bond donors (Lipinski definition) is 1. The van der Waals surface area contributed by atoms with Crippen LogP contribution in [0.3, 0.4) is 0 Å². The van der Waals surface area contributed by atoms with Crippen molar-refractivity contribution in [1.82, 2.24) is 4.90 Å². The predicted molar refractivity (Wildman–Crippen MR) is 59.6 cm³/mol. The van der Waals surface area contributed by atoms with Crippen molar-refractivity contribution >= 4 is 0 Å². The molecule has 0 radical (unpaired) electrons. The van der Waals surface area contributed by atoms with Gasteiger partial charge >= 0.3 is 0 Å². The minimum Gasteiger partial charge on any atom is -0.380 e. The number of nitrogens with two attached hydrogens (primary N) is 1. The number of hydrogen-bond acceptors (Lipinski definition) is 3. The lowest BCUT2D eigenvalue weighted by Crippen LogP contribution is -2.58. The summed E-state index contributed by atoms with van der Waals surface area (Å²) in [6.07, 6.45) is 5.24. The van der Waals surface area contributed by atoms with Gasteiger partial charge in [0.2, 0.25) is 0 Å². The third kappa shape index (κ3) is 1.30. The SMILES string of the molecule is CN1CCC2(CC1)CCC1(COC1)[C@H]2N. The summed E-state index contributed by atoms with van der Waals surface area (Å²) >= 11 is 0. The van der Waals surface area contributed by atoms with E-state index in [1.807, 2.05) is 0 Å². The minimum atomic E-state index is 0.371. The van der Waals surface area contributed by atoms with Crippen LogP contribution >= 0.6 is 0 Å². The highest BCUT2D eigenvalue weighted by Crippen LogP contribution is 2.56. The Morgan fingerprint density at radius 1 is 1.07 bits per heavy atom. The largest absolute Gasteiger partial charge is 0.380 e. The minimum absolute atomic E-state index is 0.371. The first-order valence-electron chi connectivity index (χ1n) is 6.19. The van der Waals surface area contributed by atoms with Crippen molar-refractivity contribution in [2.45, 2.75) is 31.7 Å². The van der Waals surface area contributed by atoms with E-state index in [4.69, 9.17) is 10.5 Å². The molecule has 0 bridgehead atoms. The van der Waals surface area contributed by atoms with Crippen molar-refractivity contribution in [1.29, 1.82) is 0 Å². The first-order valence-corrected chi connectivity index (χ1v) is 6.19. The average Bonchev–Trinajstić information content (AvgIpc) is 2.46. The van der Waals surface area contributed by atoms with Crippen molar-refractivity contribution in [3.8, 4) is 0 Å². The molecule has 2 heterocycles. The third-order valence-electron chi connectivity index (χ3n) is 5.20. The van der Waals surface area contributed by atoms with E-state index >= 15 is 0 Å². The van der Waals surface area contributed by atoms with Crippen LogP contribution in [0.15, 0.2) is 0 Å². The molecule has 3 rings (SSSR count). The molecule has 1 aliphatic carbocycles. The molecule has 86 valence electrons. The Bertz CT molecular complexity index is 249. The smallest absolute Gasteiger partial charge is 0.0559 e. The topological polar surface area (TPSA) is 38.5 Å². The van der Waals surface area contributed by atoms with Crippen molar-refractivity contribution in [3.63, 3.8) is 0 Å². The molecule has 3 nitrogen and oxygen atoms in total. The number of nitrogens with zero attached hydrogens (tertiary/aromatic N) is 1. The molecule has 15 heavy (non-hydrogen) atoms. The van der Waals surface area contributed by atoms with E-state index in [1.54, 1.807) is 0 Å². The van der Waals surface area contributed by atoms with Gasteiger partial charge in [-0.3, -0.25) is 0 Å². The fourth-order valence-corrected chi connectivity index (χ4v) is 3.77. The fourth-order valence-electron chi connectivity index (χ4n) is 3.77. The van der Waals surface area contributed by atoms with Gasteiger partial charge in [-0.05, 0) is 51.2 Å². The molecule has 2 aliphatic heterocycles. The molecule has 2 saturated heterocycles. The zero-order valence-electron chi connectivity index (χ0n) is 9.67. The van der Waals surface area contributed by atoms with Gasteiger partial charge in [0.25, 0.3) is 0 Å². The molecular formula is C12H22N2O. The van der Waals surface area contributed by atoms with E-state index in [0.717, 1.165) is 13.2 Å². The van der Waals surface area contributed by atoms with E-state index in [0.29, 0.717) is 16.9 Å². The molecule has 3 heteroatoms. The fraction of sp³-hybridized carbons (Fsp3) is 1.00. The maximum atomic E-state index is 6.53. The maximum Gasteiger partial charge on any atom is 0.0559 e. The summed E-state index contributed by atoms with van der Waals surface area (Å²) in [6, 6.07) is 0.396. The molecular weight excluding hydrogens is 188 g/mol. The Morgan fingerprint density at radius 2 is 1.67 bits per heavy atom. The summed E-state index contributed by atoms with van der Waals surface area (Å²) in [5.41, 5.74) is 7.36. The van der Waals surface area contributed by atoms with E-state index in [9.17, 15) is 0 Å². The molecule has 1 atom stereocenters. The summed E-state index contributed by atoms with van der Waals surface area (Å²) in [5, 5.41) is 0. The highest BCUT2D eigenvalue weighted by Gasteiger charge is 2.58. The summed E-state index contributed by atoms with van der Waals surface area (Å²) in [5.74, 6) is 0. The zero-order chi connectivity index (χ0) is 10.5. The Hall–Kier alpha value is -0.120. The van der Waals surface area contributed by atoms with Crippen LogP contribution in [0.2, 0.25) is 0 Å². The lowest BCUT2D eigenvalue weighted by atomic mass is 9.69. The molecule has 0 aromatic carbocycles. The van der Waals surface area contributed by atoms with E-state index in [1.165, 1.54) is 38.8 Å². The van der Waals surface area contributed by atoms with Crippen molar-refractivity contribution in [2.24, 2.45) is 16.6 Å². The second kappa shape index (κ2) is 3.19. The number of rotatable bonds is 0. The second-order valence-electron chi connectivity index (χ2n) is 6.00. The Labute approximate surface area is 91.9 Å². The number of likely N-dealkylation sites (tertiary alicyclic amines) is 1. The second-order valence-corrected chi connectivity index (χ2v) is 6.00. The van der Waals surface area contributed by atoms with Gasteiger partial charge in [-0.2, -0.15) is 0 Å². The third-order valence-corrected chi connectivity index (χ3v) is 5.20. The van der Waals surface area contributed by atoms with Crippen LogP contribution in [-0.4, -0.2) is 44.3 Å². The monoisotopic (exact) mass is 210 g/mol. The highest BCUT2D eigenvalue weighted by atomic mass is 16.5. The maximum absolute atomic E-state index is 6.53. The molecule has 3 fully saturated rings. The predicted octanol–water partition coefficient (Wildman–Crippen LogP) is 0.836. The molecule has 0 aromatic rings. The van der Waals surface area contributed by atoms with Crippen molar-refractivity contribution in [3.05, 3.63) is 0 Å². The first kappa shape index (κ1) is 10.1. The number of ether oxygens (including phenoxy) is 1. The van der Waals surface area contributed by atoms with Crippen LogP contribution in [-0.2, 0) is 4.74 Å². The zero-order valence-corrected chi connectivity index (χ0v) is 9.67. The molecule has 0 unspecified atom stereocenters. The average molecular weight is 210 g/mol. The summed E-state index contributed by atoms with van der Waals surface area (Å²) in [4.78, 5) is 2.43. The quantitative estimate of drug-likeness (QED) is 0.644. The molecule has 0 amide bonds. The molecule has 3 aliphatic rings. The van der Waals surface area contributed by atoms with E-state index in [-0.39, 0.29) is 0 Å². The van der Waals surface area contributed by atoms with Crippen LogP contribution in [0.5, 0.6) is 0 Å². The Kier molecular flexibility index (Phi) is 2.14. The number of piperidine rings is 1. The van der Waals surface area contributed by atoms with Crippen molar-refractivity contribution in [2.75, 3.05) is 33.4 Å². The van der Waals surface area contributed by atoms with Gasteiger partial charge in [0.05, 0.1) is 13.2 Å². The van der Waals surface area contributed by atoms with Crippen LogP contribution < -0.4 is 5.73 Å². The standard InChI is InChI=1S/C12H22N2O/c1-14-6-4-11(5-7-14)2-3-12(10(11)13)8-15-9-12/h10H,2-9,13H2,1H3/t10-/m0/s1. The normalized spacial score (nSPS) is 38.4. The highest BCUT2D eigenvalue weighted by molar-refractivity contribution is 5.11. The van der Waals surface area contributed by atoms with Gasteiger partial charge in [0.15, 0.2) is 0 Å². The summed E-state index contributed by atoms with van der Waals surface area (Å²) < 4.78 is 5.40. The van der Waals surface area contributed by atoms with Gasteiger partial charge in [-0.25, -0.2) is 0 Å². The first-order chi connectivity index (χ1) is 7.17. The van der Waals surface area contributed by atoms with Crippen LogP contribution in [0.1, 0.15) is 25.7 Å². The van der Waals surface area contributed by atoms with Crippen LogP contribution in [0.25, 0.3) is 0 Å². The molecule has 2 N–H and O–H groups in total. The van der Waals surface area contributed by atoms with Crippen molar-refractivity contribution < 1.29 is 4.74 Å². The van der Waals surface area contributed by atoms with E-state index < -0.39 is 0 Å². The van der Waals surface area contributed by atoms with Gasteiger partial charge in [-0.15, -0.1) is 0 Å². The van der Waals surface area contributed by atoms with Crippen LogP contribution in [0, 0.1) is 10.8 Å². The van der Waals surface area contributed by atoms with Gasteiger partial charge in [-0.1, -0.05) is 0 Å².